The first-order valence-corrected chi connectivity index (χ1v) is 8.35. The Morgan fingerprint density at radius 1 is 1.48 bits per heavy atom. The van der Waals surface area contributed by atoms with E-state index in [9.17, 15) is 4.79 Å². The largest absolute Gasteiger partial charge is 0.466 e. The number of pyridine rings is 1. The quantitative estimate of drug-likeness (QED) is 0.853. The zero-order valence-corrected chi connectivity index (χ0v) is 14.8. The first-order valence-electron chi connectivity index (χ1n) is 8.35. The molecule has 132 valence electrons. The number of carbonyl (C=O) groups is 1. The minimum absolute atomic E-state index is 0.339. The highest BCUT2D eigenvalue weighted by Gasteiger charge is 2.44. The van der Waals surface area contributed by atoms with Crippen molar-refractivity contribution in [3.05, 3.63) is 17.5 Å². The van der Waals surface area contributed by atoms with Gasteiger partial charge in [0.15, 0.2) is 5.65 Å². The number of nitrogens with one attached hydrogen (secondary N) is 1. The summed E-state index contributed by atoms with van der Waals surface area (Å²) >= 11 is 0. The number of fused-ring (bicyclic) bond motifs is 1. The topological polar surface area (TPSA) is 90.6 Å². The van der Waals surface area contributed by atoms with Gasteiger partial charge in [0.1, 0.15) is 0 Å². The third kappa shape index (κ3) is 2.52. The number of oxime groups is 1. The van der Waals surface area contributed by atoms with Gasteiger partial charge in [-0.05, 0) is 26.7 Å². The van der Waals surface area contributed by atoms with Gasteiger partial charge in [0, 0.05) is 31.3 Å². The molecule has 1 N–H and O–H groups in total. The average molecular weight is 343 g/mol. The summed E-state index contributed by atoms with van der Waals surface area (Å²) in [7, 11) is 3.23. The van der Waals surface area contributed by atoms with E-state index in [1.54, 1.807) is 17.8 Å². The van der Waals surface area contributed by atoms with Crippen molar-refractivity contribution >= 4 is 28.4 Å². The fourth-order valence-electron chi connectivity index (χ4n) is 3.22. The molecule has 1 saturated carbocycles. The molecule has 4 rings (SSSR count). The molecule has 2 aromatic heterocycles. The second-order valence-corrected chi connectivity index (χ2v) is 6.90. The minimum Gasteiger partial charge on any atom is -0.466 e. The Labute approximate surface area is 145 Å². The summed E-state index contributed by atoms with van der Waals surface area (Å²) in [4.78, 5) is 22.0. The van der Waals surface area contributed by atoms with Crippen LogP contribution in [0.1, 0.15) is 37.4 Å². The molecule has 2 aliphatic rings. The van der Waals surface area contributed by atoms with E-state index < -0.39 is 11.6 Å². The number of nitrogens with zero attached hydrogens (tertiary/aromatic N) is 4. The van der Waals surface area contributed by atoms with Crippen LogP contribution < -0.4 is 5.32 Å². The fraction of sp³-hybridized carbons (Fsp3) is 0.529. The zero-order chi connectivity index (χ0) is 17.8. The van der Waals surface area contributed by atoms with Gasteiger partial charge in [-0.1, -0.05) is 5.16 Å². The molecule has 1 aliphatic heterocycles. The van der Waals surface area contributed by atoms with E-state index >= 15 is 0 Å². The predicted molar refractivity (Wildman–Crippen MR) is 92.6 cm³/mol. The number of hydrogen-bond donors (Lipinski definition) is 1. The van der Waals surface area contributed by atoms with E-state index in [2.05, 4.69) is 20.6 Å². The van der Waals surface area contributed by atoms with Gasteiger partial charge < -0.3 is 14.9 Å². The van der Waals surface area contributed by atoms with E-state index in [1.165, 1.54) is 7.11 Å². The lowest BCUT2D eigenvalue weighted by Crippen LogP contribution is -2.36. The second kappa shape index (κ2) is 5.44. The summed E-state index contributed by atoms with van der Waals surface area (Å²) in [5.74, 6) is -0.436. The summed E-state index contributed by atoms with van der Waals surface area (Å²) in [5.41, 5.74) is 3.14. The van der Waals surface area contributed by atoms with Crippen LogP contribution in [0.2, 0.25) is 0 Å². The van der Waals surface area contributed by atoms with Gasteiger partial charge in [-0.3, -0.25) is 4.68 Å². The van der Waals surface area contributed by atoms with Gasteiger partial charge in [0.25, 0.3) is 0 Å². The summed E-state index contributed by atoms with van der Waals surface area (Å²) in [6.07, 6.45) is 4.40. The highest BCUT2D eigenvalue weighted by molar-refractivity contribution is 6.12. The van der Waals surface area contributed by atoms with Crippen molar-refractivity contribution in [3.63, 3.8) is 0 Å². The van der Waals surface area contributed by atoms with Crippen LogP contribution >= 0.6 is 0 Å². The van der Waals surface area contributed by atoms with Crippen LogP contribution in [-0.4, -0.2) is 45.2 Å². The van der Waals surface area contributed by atoms with Crippen molar-refractivity contribution in [2.45, 2.75) is 44.8 Å². The lowest BCUT2D eigenvalue weighted by molar-refractivity contribution is -0.164. The molecule has 1 aliphatic carbocycles. The lowest BCUT2D eigenvalue weighted by atomic mass is 9.95. The van der Waals surface area contributed by atoms with Gasteiger partial charge in [0.2, 0.25) is 5.60 Å². The minimum atomic E-state index is -1.10. The maximum Gasteiger partial charge on any atom is 0.353 e. The van der Waals surface area contributed by atoms with Crippen LogP contribution in [0.25, 0.3) is 11.0 Å². The fourth-order valence-corrected chi connectivity index (χ4v) is 3.22. The van der Waals surface area contributed by atoms with Crippen LogP contribution in [0.4, 0.5) is 5.69 Å². The maximum absolute atomic E-state index is 12.0. The SMILES string of the molecule is COC(=O)C1(C)CC(c2cnc3c(c(C)nn3C)c2NC2CC2)=NO1. The molecule has 0 amide bonds. The van der Waals surface area contributed by atoms with E-state index in [-0.39, 0.29) is 0 Å². The van der Waals surface area contributed by atoms with Crippen LogP contribution in [0.15, 0.2) is 11.4 Å². The molecule has 1 fully saturated rings. The Bertz CT molecular complexity index is 899. The molecule has 0 bridgehead atoms. The van der Waals surface area contributed by atoms with Crippen molar-refractivity contribution in [1.82, 2.24) is 14.8 Å². The molecular weight excluding hydrogens is 322 g/mol. The molecule has 8 heteroatoms. The third-order valence-electron chi connectivity index (χ3n) is 4.74. The predicted octanol–water partition coefficient (Wildman–Crippen LogP) is 1.91. The molecule has 2 aromatic rings. The molecule has 0 spiro atoms. The molecule has 8 nitrogen and oxygen atoms in total. The second-order valence-electron chi connectivity index (χ2n) is 6.90. The molecule has 0 radical (unpaired) electrons. The number of aryl methyl sites for hydroxylation is 2. The monoisotopic (exact) mass is 343 g/mol. The number of hydrogen-bond acceptors (Lipinski definition) is 7. The number of esters is 1. The van der Waals surface area contributed by atoms with Crippen LogP contribution in [0.5, 0.6) is 0 Å². The summed E-state index contributed by atoms with van der Waals surface area (Å²) < 4.78 is 6.61. The van der Waals surface area contributed by atoms with E-state index in [0.717, 1.165) is 40.8 Å². The average Bonchev–Trinajstić information content (AvgIpc) is 3.24. The third-order valence-corrected chi connectivity index (χ3v) is 4.74. The summed E-state index contributed by atoms with van der Waals surface area (Å²) in [6.45, 7) is 3.65. The first-order chi connectivity index (χ1) is 11.9. The van der Waals surface area contributed by atoms with Gasteiger partial charge >= 0.3 is 5.97 Å². The van der Waals surface area contributed by atoms with Crippen LogP contribution in [0, 0.1) is 6.92 Å². The number of methoxy groups -OCH3 is 1. The molecular formula is C17H21N5O3. The Balaban J connectivity index is 1.79. The normalized spacial score (nSPS) is 22.6. The highest BCUT2D eigenvalue weighted by atomic mass is 16.7. The van der Waals surface area contributed by atoms with E-state index in [4.69, 9.17) is 9.57 Å². The van der Waals surface area contributed by atoms with Crippen LogP contribution in [-0.2, 0) is 21.4 Å². The standard InChI is InChI=1S/C17H21N5O3/c1-9-13-14(19-10-5-6-10)11(8-18-15(13)22(3)20-9)12-7-17(2,25-21-12)16(23)24-4/h8,10H,5-7H2,1-4H3,(H,18,19). The molecule has 0 saturated heterocycles. The Kier molecular flexibility index (Phi) is 3.45. The highest BCUT2D eigenvalue weighted by Crippen LogP contribution is 2.37. The molecule has 1 atom stereocenters. The summed E-state index contributed by atoms with van der Waals surface area (Å²) in [5, 5.41) is 13.2. The number of ether oxygens (including phenoxy) is 1. The Morgan fingerprint density at radius 2 is 2.24 bits per heavy atom. The molecule has 0 aromatic carbocycles. The maximum atomic E-state index is 12.0. The first kappa shape index (κ1) is 15.9. The van der Waals surface area contributed by atoms with Crippen molar-refractivity contribution in [1.29, 1.82) is 0 Å². The van der Waals surface area contributed by atoms with Gasteiger partial charge in [-0.15, -0.1) is 0 Å². The van der Waals surface area contributed by atoms with Gasteiger partial charge in [0.05, 0.1) is 29.6 Å². The van der Waals surface area contributed by atoms with Crippen molar-refractivity contribution < 1.29 is 14.4 Å². The van der Waals surface area contributed by atoms with E-state index in [0.29, 0.717) is 18.2 Å². The number of rotatable bonds is 4. The molecule has 3 heterocycles. The van der Waals surface area contributed by atoms with Crippen molar-refractivity contribution in [2.75, 3.05) is 12.4 Å². The van der Waals surface area contributed by atoms with E-state index in [1.807, 2.05) is 14.0 Å². The molecule has 1 unspecified atom stereocenters. The number of carbonyl (C=O) groups excluding carboxylic acids is 1. The van der Waals surface area contributed by atoms with Crippen molar-refractivity contribution in [3.8, 4) is 0 Å². The van der Waals surface area contributed by atoms with Crippen LogP contribution in [0.3, 0.4) is 0 Å². The smallest absolute Gasteiger partial charge is 0.353 e. The van der Waals surface area contributed by atoms with Gasteiger partial charge in [-0.25, -0.2) is 9.78 Å². The number of anilines is 1. The zero-order valence-electron chi connectivity index (χ0n) is 14.8. The Hall–Kier alpha value is -2.64. The Morgan fingerprint density at radius 3 is 2.92 bits per heavy atom. The summed E-state index contributed by atoms with van der Waals surface area (Å²) in [6, 6.07) is 0.457. The van der Waals surface area contributed by atoms with Crippen molar-refractivity contribution in [2.24, 2.45) is 12.2 Å². The number of aromatic nitrogens is 3. The molecule has 25 heavy (non-hydrogen) atoms. The van der Waals surface area contributed by atoms with Gasteiger partial charge in [-0.2, -0.15) is 5.10 Å². The lowest BCUT2D eigenvalue weighted by Gasteiger charge is -2.18.